The number of halogens is 3. The molecule has 1 fully saturated rings. The molecule has 0 N–H and O–H groups in total. The Labute approximate surface area is 176 Å². The van der Waals surface area contributed by atoms with E-state index in [1.807, 2.05) is 24.3 Å². The van der Waals surface area contributed by atoms with Crippen LogP contribution in [0.5, 0.6) is 5.75 Å². The standard InChI is InChI=1S/C21H19F3N4O3/c1-30-17-7-5-16(6-8-17)27-9-11-28(12-10-27)19(29)15-4-2-3-14(13-15)18-25-20(31-26-18)21(22,23)24/h2-8,13H,9-12H2,1H3. The maximum Gasteiger partial charge on any atom is 0.471 e. The van der Waals surface area contributed by atoms with Crippen LogP contribution in [0.15, 0.2) is 53.1 Å². The monoisotopic (exact) mass is 432 g/mol. The fraction of sp³-hybridized carbons (Fsp3) is 0.286. The zero-order valence-electron chi connectivity index (χ0n) is 16.6. The highest BCUT2D eigenvalue weighted by Crippen LogP contribution is 2.29. The Kier molecular flexibility index (Phi) is 5.53. The molecule has 0 unspecified atom stereocenters. The minimum atomic E-state index is -4.72. The van der Waals surface area contributed by atoms with Gasteiger partial charge in [0.2, 0.25) is 5.82 Å². The lowest BCUT2D eigenvalue weighted by Crippen LogP contribution is -2.48. The normalized spacial score (nSPS) is 14.6. The Bertz CT molecular complexity index is 1060. The summed E-state index contributed by atoms with van der Waals surface area (Å²) in [5, 5.41) is 3.38. The molecule has 1 aliphatic heterocycles. The number of alkyl halides is 3. The number of piperazine rings is 1. The van der Waals surface area contributed by atoms with Crippen LogP contribution in [-0.2, 0) is 6.18 Å². The van der Waals surface area contributed by atoms with Gasteiger partial charge in [-0.1, -0.05) is 17.3 Å². The molecule has 4 rings (SSSR count). The highest BCUT2D eigenvalue weighted by molar-refractivity contribution is 5.95. The number of carbonyl (C=O) groups excluding carboxylic acids is 1. The van der Waals surface area contributed by atoms with Gasteiger partial charge in [0.25, 0.3) is 5.91 Å². The van der Waals surface area contributed by atoms with E-state index in [2.05, 4.69) is 19.6 Å². The number of hydrogen-bond donors (Lipinski definition) is 0. The van der Waals surface area contributed by atoms with Gasteiger partial charge in [-0.3, -0.25) is 4.79 Å². The number of nitrogens with zero attached hydrogens (tertiary/aromatic N) is 4. The summed E-state index contributed by atoms with van der Waals surface area (Å²) < 4.78 is 47.5. The first kappa shape index (κ1) is 20.7. The third kappa shape index (κ3) is 4.47. The van der Waals surface area contributed by atoms with Crippen molar-refractivity contribution in [1.29, 1.82) is 0 Å². The smallest absolute Gasteiger partial charge is 0.471 e. The van der Waals surface area contributed by atoms with E-state index in [4.69, 9.17) is 4.74 Å². The first-order valence-electron chi connectivity index (χ1n) is 9.55. The summed E-state index contributed by atoms with van der Waals surface area (Å²) in [6.07, 6.45) is -4.72. The van der Waals surface area contributed by atoms with E-state index in [0.717, 1.165) is 11.4 Å². The molecular weight excluding hydrogens is 413 g/mol. The summed E-state index contributed by atoms with van der Waals surface area (Å²) in [6.45, 7) is 2.38. The van der Waals surface area contributed by atoms with Gasteiger partial charge >= 0.3 is 12.1 Å². The summed E-state index contributed by atoms with van der Waals surface area (Å²) in [6, 6.07) is 13.9. The van der Waals surface area contributed by atoms with Crippen LogP contribution in [0.2, 0.25) is 0 Å². The van der Waals surface area contributed by atoms with E-state index in [1.165, 1.54) is 12.1 Å². The lowest BCUT2D eigenvalue weighted by molar-refractivity contribution is -0.159. The van der Waals surface area contributed by atoms with Gasteiger partial charge in [0.05, 0.1) is 7.11 Å². The molecule has 2 aromatic carbocycles. The number of ether oxygens (including phenoxy) is 1. The van der Waals surface area contributed by atoms with Crippen molar-refractivity contribution in [3.8, 4) is 17.1 Å². The molecule has 1 aliphatic rings. The molecule has 7 nitrogen and oxygen atoms in total. The second-order valence-electron chi connectivity index (χ2n) is 6.98. The van der Waals surface area contributed by atoms with Crippen molar-refractivity contribution in [3.63, 3.8) is 0 Å². The minimum absolute atomic E-state index is 0.198. The third-order valence-corrected chi connectivity index (χ3v) is 5.04. The quantitative estimate of drug-likeness (QED) is 0.626. The summed E-state index contributed by atoms with van der Waals surface area (Å²) in [4.78, 5) is 20.2. The molecule has 1 saturated heterocycles. The highest BCUT2D eigenvalue weighted by Gasteiger charge is 2.38. The molecule has 0 saturated carbocycles. The van der Waals surface area contributed by atoms with Gasteiger partial charge < -0.3 is 19.1 Å². The van der Waals surface area contributed by atoms with E-state index in [0.29, 0.717) is 31.7 Å². The van der Waals surface area contributed by atoms with Crippen LogP contribution in [0.1, 0.15) is 16.2 Å². The first-order chi connectivity index (χ1) is 14.8. The molecule has 31 heavy (non-hydrogen) atoms. The van der Waals surface area contributed by atoms with Crippen molar-refractivity contribution in [1.82, 2.24) is 15.0 Å². The molecule has 1 aromatic heterocycles. The zero-order chi connectivity index (χ0) is 22.0. The molecular formula is C21H19F3N4O3. The Balaban J connectivity index is 1.43. The summed E-state index contributed by atoms with van der Waals surface area (Å²) in [7, 11) is 1.61. The van der Waals surface area contributed by atoms with E-state index in [9.17, 15) is 18.0 Å². The number of aromatic nitrogens is 2. The van der Waals surface area contributed by atoms with Gasteiger partial charge in [-0.25, -0.2) is 0 Å². The number of amides is 1. The average molecular weight is 432 g/mol. The molecule has 10 heteroatoms. The van der Waals surface area contributed by atoms with Gasteiger partial charge in [-0.15, -0.1) is 0 Å². The van der Waals surface area contributed by atoms with E-state index in [-0.39, 0.29) is 17.3 Å². The molecule has 1 amide bonds. The summed E-state index contributed by atoms with van der Waals surface area (Å²) in [5.74, 6) is -1.06. The molecule has 162 valence electrons. The van der Waals surface area contributed by atoms with Gasteiger partial charge in [0.15, 0.2) is 0 Å². The second kappa shape index (κ2) is 8.29. The predicted molar refractivity (Wildman–Crippen MR) is 106 cm³/mol. The number of rotatable bonds is 4. The molecule has 0 aliphatic carbocycles. The van der Waals surface area contributed by atoms with Crippen molar-refractivity contribution in [2.75, 3.05) is 38.2 Å². The Hall–Kier alpha value is -3.56. The van der Waals surface area contributed by atoms with Gasteiger partial charge in [0.1, 0.15) is 5.75 Å². The van der Waals surface area contributed by atoms with E-state index >= 15 is 0 Å². The van der Waals surface area contributed by atoms with Crippen LogP contribution in [0, 0.1) is 0 Å². The molecule has 0 spiro atoms. The number of anilines is 1. The van der Waals surface area contributed by atoms with Gasteiger partial charge in [-0.05, 0) is 36.4 Å². The summed E-state index contributed by atoms with van der Waals surface area (Å²) in [5.41, 5.74) is 1.68. The SMILES string of the molecule is COc1ccc(N2CCN(C(=O)c3cccc(-c4noc(C(F)(F)F)n4)c3)CC2)cc1. The maximum atomic E-state index is 12.9. The number of methoxy groups -OCH3 is 1. The largest absolute Gasteiger partial charge is 0.497 e. The van der Waals surface area contributed by atoms with Crippen LogP contribution < -0.4 is 9.64 Å². The molecule has 0 radical (unpaired) electrons. The fourth-order valence-electron chi connectivity index (χ4n) is 3.39. The van der Waals surface area contributed by atoms with Crippen LogP contribution in [0.4, 0.5) is 18.9 Å². The zero-order valence-corrected chi connectivity index (χ0v) is 16.6. The molecule has 0 bridgehead atoms. The van der Waals surface area contributed by atoms with Crippen molar-refractivity contribution in [3.05, 3.63) is 60.0 Å². The Morgan fingerprint density at radius 2 is 1.77 bits per heavy atom. The van der Waals surface area contributed by atoms with E-state index in [1.54, 1.807) is 24.1 Å². The Morgan fingerprint density at radius 3 is 2.39 bits per heavy atom. The second-order valence-corrected chi connectivity index (χ2v) is 6.98. The van der Waals surface area contributed by atoms with Gasteiger partial charge in [0, 0.05) is 43.0 Å². The number of hydrogen-bond acceptors (Lipinski definition) is 6. The fourth-order valence-corrected chi connectivity index (χ4v) is 3.39. The summed E-state index contributed by atoms with van der Waals surface area (Å²) >= 11 is 0. The van der Waals surface area contributed by atoms with Crippen LogP contribution >= 0.6 is 0 Å². The maximum absolute atomic E-state index is 12.9. The van der Waals surface area contributed by atoms with Crippen LogP contribution in [-0.4, -0.2) is 54.2 Å². The third-order valence-electron chi connectivity index (χ3n) is 5.04. The molecule has 0 atom stereocenters. The lowest BCUT2D eigenvalue weighted by atomic mass is 10.1. The molecule has 3 aromatic rings. The topological polar surface area (TPSA) is 71.7 Å². The van der Waals surface area contributed by atoms with Crippen molar-refractivity contribution >= 4 is 11.6 Å². The van der Waals surface area contributed by atoms with E-state index < -0.39 is 12.1 Å². The van der Waals surface area contributed by atoms with Gasteiger partial charge in [-0.2, -0.15) is 18.2 Å². The Morgan fingerprint density at radius 1 is 1.06 bits per heavy atom. The average Bonchev–Trinajstić information content (AvgIpc) is 3.30. The van der Waals surface area contributed by atoms with Crippen molar-refractivity contribution < 1.29 is 27.2 Å². The molecule has 2 heterocycles. The predicted octanol–water partition coefficient (Wildman–Crippen LogP) is 3.73. The van der Waals surface area contributed by atoms with Crippen LogP contribution in [0.3, 0.4) is 0 Å². The van der Waals surface area contributed by atoms with Crippen LogP contribution in [0.25, 0.3) is 11.4 Å². The van der Waals surface area contributed by atoms with Crippen molar-refractivity contribution in [2.45, 2.75) is 6.18 Å². The number of carbonyl (C=O) groups is 1. The first-order valence-corrected chi connectivity index (χ1v) is 9.55. The highest BCUT2D eigenvalue weighted by atomic mass is 19.4. The van der Waals surface area contributed by atoms with Crippen molar-refractivity contribution in [2.24, 2.45) is 0 Å². The minimum Gasteiger partial charge on any atom is -0.497 e. The lowest BCUT2D eigenvalue weighted by Gasteiger charge is -2.36. The number of benzene rings is 2.